The summed E-state index contributed by atoms with van der Waals surface area (Å²) in [7, 11) is -3.04. The number of anilines is 1. The summed E-state index contributed by atoms with van der Waals surface area (Å²) < 4.78 is 23.9. The van der Waals surface area contributed by atoms with E-state index in [4.69, 9.17) is 0 Å². The molecule has 1 aliphatic rings. The Labute approximate surface area is 154 Å². The zero-order valence-corrected chi connectivity index (χ0v) is 16.0. The Morgan fingerprint density at radius 2 is 1.62 bits per heavy atom. The van der Waals surface area contributed by atoms with Gasteiger partial charge in [-0.25, -0.2) is 8.42 Å². The Kier molecular flexibility index (Phi) is 5.32. The highest BCUT2D eigenvalue weighted by atomic mass is 79.9. The number of hydrogen-bond acceptors (Lipinski definition) is 4. The summed E-state index contributed by atoms with van der Waals surface area (Å²) in [6.07, 6.45) is 0.408. The van der Waals surface area contributed by atoms with Gasteiger partial charge in [-0.15, -0.1) is 0 Å². The average Bonchev–Trinajstić information content (AvgIpc) is 2.92. The monoisotopic (exact) mass is 425 g/mol. The number of hydrogen-bond donors (Lipinski definition) is 1. The molecular formula is C17H16BrNO3S2. The number of sulfone groups is 1. The highest BCUT2D eigenvalue weighted by molar-refractivity contribution is 9.10. The predicted octanol–water partition coefficient (Wildman–Crippen LogP) is 3.97. The Balaban J connectivity index is 1.60. The standard InChI is InChI=1S/C17H16BrNO3S2/c18-13-1-5-15(6-2-13)23-16-7-3-14(4-8-16)19-17(20)12-9-10-24(21,22)11-12/h1-8,12H,9-11H2,(H,19,20). The minimum atomic E-state index is -3.04. The lowest BCUT2D eigenvalue weighted by Gasteiger charge is -2.10. The molecule has 1 unspecified atom stereocenters. The number of amides is 1. The van der Waals surface area contributed by atoms with Gasteiger partial charge in [0.15, 0.2) is 9.84 Å². The number of carbonyl (C=O) groups is 1. The third kappa shape index (κ3) is 4.62. The van der Waals surface area contributed by atoms with Crippen LogP contribution < -0.4 is 5.32 Å². The zero-order chi connectivity index (χ0) is 17.2. The van der Waals surface area contributed by atoms with E-state index in [0.717, 1.165) is 14.3 Å². The third-order valence-corrected chi connectivity index (χ3v) is 7.09. The third-order valence-electron chi connectivity index (χ3n) is 3.77. The maximum atomic E-state index is 12.1. The molecule has 2 aromatic rings. The molecule has 1 N–H and O–H groups in total. The molecule has 2 aromatic carbocycles. The van der Waals surface area contributed by atoms with Gasteiger partial charge in [-0.3, -0.25) is 4.79 Å². The molecule has 0 spiro atoms. The van der Waals surface area contributed by atoms with Crippen LogP contribution in [0.2, 0.25) is 0 Å². The van der Waals surface area contributed by atoms with E-state index in [0.29, 0.717) is 12.1 Å². The van der Waals surface area contributed by atoms with Crippen LogP contribution in [0.3, 0.4) is 0 Å². The van der Waals surface area contributed by atoms with Gasteiger partial charge in [-0.05, 0) is 55.0 Å². The Hall–Kier alpha value is -1.31. The van der Waals surface area contributed by atoms with E-state index in [1.165, 1.54) is 0 Å². The van der Waals surface area contributed by atoms with E-state index in [9.17, 15) is 13.2 Å². The molecule has 0 bridgehead atoms. The molecule has 24 heavy (non-hydrogen) atoms. The van der Waals surface area contributed by atoms with Crippen LogP contribution >= 0.6 is 27.7 Å². The van der Waals surface area contributed by atoms with E-state index < -0.39 is 15.8 Å². The Morgan fingerprint density at radius 1 is 1.04 bits per heavy atom. The van der Waals surface area contributed by atoms with Gasteiger partial charge in [0.05, 0.1) is 17.4 Å². The maximum Gasteiger partial charge on any atom is 0.228 e. The van der Waals surface area contributed by atoms with Crippen molar-refractivity contribution in [1.82, 2.24) is 0 Å². The summed E-state index contributed by atoms with van der Waals surface area (Å²) in [6.45, 7) is 0. The van der Waals surface area contributed by atoms with E-state index in [-0.39, 0.29) is 17.4 Å². The smallest absolute Gasteiger partial charge is 0.228 e. The molecule has 126 valence electrons. The predicted molar refractivity (Wildman–Crippen MR) is 100 cm³/mol. The van der Waals surface area contributed by atoms with Gasteiger partial charge in [0.1, 0.15) is 0 Å². The van der Waals surface area contributed by atoms with Crippen LogP contribution in [0.25, 0.3) is 0 Å². The summed E-state index contributed by atoms with van der Waals surface area (Å²) in [4.78, 5) is 14.3. The van der Waals surface area contributed by atoms with Crippen LogP contribution in [-0.2, 0) is 14.6 Å². The van der Waals surface area contributed by atoms with Crippen molar-refractivity contribution in [3.63, 3.8) is 0 Å². The molecule has 0 radical (unpaired) electrons. The molecule has 0 aromatic heterocycles. The van der Waals surface area contributed by atoms with Crippen molar-refractivity contribution in [3.8, 4) is 0 Å². The SMILES string of the molecule is O=C(Nc1ccc(Sc2ccc(Br)cc2)cc1)C1CCS(=O)(=O)C1. The van der Waals surface area contributed by atoms with Gasteiger partial charge in [-0.2, -0.15) is 0 Å². The Morgan fingerprint density at radius 3 is 2.17 bits per heavy atom. The molecule has 1 heterocycles. The Bertz CT molecular complexity index is 833. The van der Waals surface area contributed by atoms with Crippen LogP contribution in [0, 0.1) is 5.92 Å². The average molecular weight is 426 g/mol. The number of rotatable bonds is 4. The molecule has 3 rings (SSSR count). The lowest BCUT2D eigenvalue weighted by molar-refractivity contribution is -0.119. The lowest BCUT2D eigenvalue weighted by atomic mass is 10.1. The second-order valence-corrected chi connectivity index (χ2v) is 9.96. The van der Waals surface area contributed by atoms with Crippen molar-refractivity contribution < 1.29 is 13.2 Å². The number of benzene rings is 2. The lowest BCUT2D eigenvalue weighted by Crippen LogP contribution is -2.23. The molecule has 0 saturated carbocycles. The van der Waals surface area contributed by atoms with Crippen molar-refractivity contribution in [2.45, 2.75) is 16.2 Å². The van der Waals surface area contributed by atoms with Gasteiger partial charge < -0.3 is 5.32 Å². The van der Waals surface area contributed by atoms with Crippen LogP contribution in [0.4, 0.5) is 5.69 Å². The highest BCUT2D eigenvalue weighted by Crippen LogP contribution is 2.29. The fraction of sp³-hybridized carbons (Fsp3) is 0.235. The summed E-state index contributed by atoms with van der Waals surface area (Å²) in [6, 6.07) is 15.6. The quantitative estimate of drug-likeness (QED) is 0.804. The second kappa shape index (κ2) is 7.29. The normalized spacial score (nSPS) is 19.1. The van der Waals surface area contributed by atoms with Crippen LogP contribution in [-0.4, -0.2) is 25.8 Å². The van der Waals surface area contributed by atoms with E-state index in [1.54, 1.807) is 11.8 Å². The van der Waals surface area contributed by atoms with Crippen molar-refractivity contribution in [3.05, 3.63) is 53.0 Å². The van der Waals surface area contributed by atoms with E-state index in [1.807, 2.05) is 48.5 Å². The topological polar surface area (TPSA) is 63.2 Å². The second-order valence-electron chi connectivity index (χ2n) is 5.67. The van der Waals surface area contributed by atoms with Crippen molar-refractivity contribution in [2.75, 3.05) is 16.8 Å². The van der Waals surface area contributed by atoms with Gasteiger partial charge in [0.25, 0.3) is 0 Å². The maximum absolute atomic E-state index is 12.1. The fourth-order valence-electron chi connectivity index (χ4n) is 2.49. The number of halogens is 1. The van der Waals surface area contributed by atoms with E-state index >= 15 is 0 Å². The summed E-state index contributed by atoms with van der Waals surface area (Å²) in [5, 5.41) is 2.80. The zero-order valence-electron chi connectivity index (χ0n) is 12.7. The van der Waals surface area contributed by atoms with Gasteiger partial charge in [-0.1, -0.05) is 27.7 Å². The molecule has 1 saturated heterocycles. The highest BCUT2D eigenvalue weighted by Gasteiger charge is 2.32. The van der Waals surface area contributed by atoms with Gasteiger partial charge in [0.2, 0.25) is 5.91 Å². The van der Waals surface area contributed by atoms with Crippen LogP contribution in [0.15, 0.2) is 62.8 Å². The molecule has 0 aliphatic carbocycles. The first-order valence-electron chi connectivity index (χ1n) is 7.46. The first kappa shape index (κ1) is 17.5. The molecule has 4 nitrogen and oxygen atoms in total. The molecule has 1 fully saturated rings. The molecular weight excluding hydrogens is 410 g/mol. The molecule has 7 heteroatoms. The van der Waals surface area contributed by atoms with E-state index in [2.05, 4.69) is 21.2 Å². The minimum Gasteiger partial charge on any atom is -0.326 e. The number of nitrogens with one attached hydrogen (secondary N) is 1. The van der Waals surface area contributed by atoms with Crippen LogP contribution in [0.5, 0.6) is 0 Å². The van der Waals surface area contributed by atoms with Gasteiger partial charge >= 0.3 is 0 Å². The summed E-state index contributed by atoms with van der Waals surface area (Å²) in [5.74, 6) is -0.597. The van der Waals surface area contributed by atoms with Crippen LogP contribution in [0.1, 0.15) is 6.42 Å². The fourth-order valence-corrected chi connectivity index (χ4v) is 5.31. The van der Waals surface area contributed by atoms with Crippen molar-refractivity contribution in [1.29, 1.82) is 0 Å². The summed E-state index contributed by atoms with van der Waals surface area (Å²) >= 11 is 5.05. The first-order valence-corrected chi connectivity index (χ1v) is 10.9. The molecule has 1 atom stereocenters. The summed E-state index contributed by atoms with van der Waals surface area (Å²) in [5.41, 5.74) is 0.685. The first-order chi connectivity index (χ1) is 11.4. The van der Waals surface area contributed by atoms with Gasteiger partial charge in [0, 0.05) is 20.0 Å². The molecule has 1 amide bonds. The minimum absolute atomic E-state index is 0.0453. The van der Waals surface area contributed by atoms with Crippen molar-refractivity contribution >= 4 is 49.1 Å². The number of carbonyl (C=O) groups excluding carboxylic acids is 1. The largest absolute Gasteiger partial charge is 0.326 e. The molecule has 1 aliphatic heterocycles. The van der Waals surface area contributed by atoms with Crippen molar-refractivity contribution in [2.24, 2.45) is 5.92 Å².